The summed E-state index contributed by atoms with van der Waals surface area (Å²) in [7, 11) is 0. The van der Waals surface area contributed by atoms with Crippen LogP contribution in [0.25, 0.3) is 0 Å². The van der Waals surface area contributed by atoms with Crippen molar-refractivity contribution in [3.63, 3.8) is 0 Å². The molecule has 0 bridgehead atoms. The maximum Gasteiger partial charge on any atom is 0.272 e. The molecular formula is C14H17N3O3. The molecule has 1 aromatic heterocycles. The molecule has 6 heteroatoms. The fourth-order valence-corrected chi connectivity index (χ4v) is 1.95. The lowest BCUT2D eigenvalue weighted by Crippen LogP contribution is -2.03. The first kappa shape index (κ1) is 14.0. The van der Waals surface area contributed by atoms with E-state index in [9.17, 15) is 10.1 Å². The van der Waals surface area contributed by atoms with Gasteiger partial charge in [-0.25, -0.2) is 0 Å². The fraction of sp³-hybridized carbons (Fsp3) is 0.357. The molecule has 0 aliphatic rings. The van der Waals surface area contributed by atoms with Gasteiger partial charge in [0, 0.05) is 24.6 Å². The predicted molar refractivity (Wildman–Crippen MR) is 74.8 cm³/mol. The summed E-state index contributed by atoms with van der Waals surface area (Å²) >= 11 is 0. The molecule has 2 rings (SSSR count). The zero-order valence-corrected chi connectivity index (χ0v) is 11.4. The van der Waals surface area contributed by atoms with Crippen LogP contribution >= 0.6 is 0 Å². The molecule has 0 saturated heterocycles. The minimum atomic E-state index is -0.366. The molecule has 2 aromatic rings. The Morgan fingerprint density at radius 3 is 2.95 bits per heavy atom. The third kappa shape index (κ3) is 3.57. The van der Waals surface area contributed by atoms with E-state index in [-0.39, 0.29) is 10.6 Å². The van der Waals surface area contributed by atoms with E-state index in [2.05, 4.69) is 12.0 Å². The Morgan fingerprint density at radius 2 is 2.20 bits per heavy atom. The van der Waals surface area contributed by atoms with Crippen LogP contribution < -0.4 is 4.74 Å². The summed E-state index contributed by atoms with van der Waals surface area (Å²) in [6.45, 7) is 3.33. The van der Waals surface area contributed by atoms with Crippen molar-refractivity contribution in [1.82, 2.24) is 9.78 Å². The van der Waals surface area contributed by atoms with E-state index in [1.54, 1.807) is 24.4 Å². The number of nitrogens with zero attached hydrogens (tertiary/aromatic N) is 3. The van der Waals surface area contributed by atoms with Crippen molar-refractivity contribution in [1.29, 1.82) is 0 Å². The van der Waals surface area contributed by atoms with Gasteiger partial charge < -0.3 is 4.74 Å². The molecule has 0 aliphatic heterocycles. The van der Waals surface area contributed by atoms with Crippen molar-refractivity contribution < 1.29 is 9.66 Å². The molecule has 0 N–H and O–H groups in total. The van der Waals surface area contributed by atoms with Crippen molar-refractivity contribution in [3.8, 4) is 5.75 Å². The van der Waals surface area contributed by atoms with Crippen LogP contribution in [0.1, 0.15) is 18.9 Å². The molecule has 0 unspecified atom stereocenters. The van der Waals surface area contributed by atoms with Gasteiger partial charge in [-0.1, -0.05) is 25.1 Å². The second-order valence-electron chi connectivity index (χ2n) is 4.42. The van der Waals surface area contributed by atoms with Crippen molar-refractivity contribution in [2.45, 2.75) is 26.3 Å². The number of ether oxygens (including phenoxy) is 1. The Bertz CT molecular complexity index is 581. The van der Waals surface area contributed by atoms with Crippen LogP contribution in [0.4, 0.5) is 5.69 Å². The van der Waals surface area contributed by atoms with Gasteiger partial charge in [0.25, 0.3) is 5.69 Å². The molecule has 0 fully saturated rings. The number of aryl methyl sites for hydroxylation is 1. The highest BCUT2D eigenvalue weighted by atomic mass is 16.6. The van der Waals surface area contributed by atoms with Crippen molar-refractivity contribution in [3.05, 3.63) is 52.3 Å². The van der Waals surface area contributed by atoms with Gasteiger partial charge in [-0.15, -0.1) is 0 Å². The number of nitro benzene ring substituents is 1. The first-order chi connectivity index (χ1) is 9.70. The van der Waals surface area contributed by atoms with Crippen molar-refractivity contribution in [2.24, 2.45) is 0 Å². The fourth-order valence-electron chi connectivity index (χ4n) is 1.95. The second-order valence-corrected chi connectivity index (χ2v) is 4.42. The lowest BCUT2D eigenvalue weighted by atomic mass is 10.1. The summed E-state index contributed by atoms with van der Waals surface area (Å²) in [5.41, 5.74) is 0.816. The average Bonchev–Trinajstić information content (AvgIpc) is 2.87. The van der Waals surface area contributed by atoms with E-state index in [0.717, 1.165) is 13.0 Å². The highest BCUT2D eigenvalue weighted by molar-refractivity contribution is 5.39. The van der Waals surface area contributed by atoms with E-state index < -0.39 is 0 Å². The summed E-state index contributed by atoms with van der Waals surface area (Å²) in [6, 6.07) is 6.72. The zero-order valence-electron chi connectivity index (χ0n) is 11.4. The third-order valence-electron chi connectivity index (χ3n) is 2.89. The smallest absolute Gasteiger partial charge is 0.272 e. The van der Waals surface area contributed by atoms with Gasteiger partial charge in [0.05, 0.1) is 23.9 Å². The molecule has 1 heterocycles. The first-order valence-corrected chi connectivity index (χ1v) is 6.58. The molecule has 0 aliphatic carbocycles. The van der Waals surface area contributed by atoms with Gasteiger partial charge in [0.1, 0.15) is 0 Å². The van der Waals surface area contributed by atoms with Crippen LogP contribution in [0, 0.1) is 10.1 Å². The monoisotopic (exact) mass is 275 g/mol. The van der Waals surface area contributed by atoms with Crippen LogP contribution in [-0.2, 0) is 13.0 Å². The highest BCUT2D eigenvalue weighted by Gasteiger charge is 2.12. The van der Waals surface area contributed by atoms with E-state index in [1.165, 1.54) is 6.07 Å². The molecule has 0 saturated carbocycles. The van der Waals surface area contributed by atoms with Crippen molar-refractivity contribution in [2.75, 3.05) is 6.61 Å². The molecule has 0 amide bonds. The summed E-state index contributed by atoms with van der Waals surface area (Å²) in [5.74, 6) is 0.692. The Kier molecular flexibility index (Phi) is 4.70. The topological polar surface area (TPSA) is 70.2 Å². The lowest BCUT2D eigenvalue weighted by molar-refractivity contribution is -0.385. The molecule has 106 valence electrons. The van der Waals surface area contributed by atoms with Gasteiger partial charge in [-0.2, -0.15) is 5.10 Å². The maximum atomic E-state index is 10.9. The quantitative estimate of drug-likeness (QED) is 0.575. The largest absolute Gasteiger partial charge is 0.490 e. The Labute approximate surface area is 117 Å². The number of nitro groups is 1. The summed E-state index contributed by atoms with van der Waals surface area (Å²) in [6.07, 6.45) is 5.01. The Hall–Kier alpha value is -2.37. The number of aromatic nitrogens is 2. The normalized spacial score (nSPS) is 10.4. The summed E-state index contributed by atoms with van der Waals surface area (Å²) in [4.78, 5) is 10.5. The van der Waals surface area contributed by atoms with Crippen molar-refractivity contribution >= 4 is 5.69 Å². The Morgan fingerprint density at radius 1 is 1.40 bits per heavy atom. The van der Waals surface area contributed by atoms with Crippen LogP contribution in [0.2, 0.25) is 0 Å². The van der Waals surface area contributed by atoms with Crippen LogP contribution in [0.3, 0.4) is 0 Å². The standard InChI is InChI=1S/C14H17N3O3/c1-2-8-16-11-13(10-15-16)20-9-7-12-5-3-4-6-14(12)17(18)19/h3-6,10-11H,2,7-9H2,1H3. The second kappa shape index (κ2) is 6.70. The molecule has 1 aromatic carbocycles. The SMILES string of the molecule is CCCn1cc(OCCc2ccccc2[N+](=O)[O-])cn1. The first-order valence-electron chi connectivity index (χ1n) is 6.58. The summed E-state index contributed by atoms with van der Waals surface area (Å²) < 4.78 is 7.39. The lowest BCUT2D eigenvalue weighted by Gasteiger charge is -2.04. The van der Waals surface area contributed by atoms with E-state index in [4.69, 9.17) is 4.74 Å². The third-order valence-corrected chi connectivity index (χ3v) is 2.89. The molecule has 0 atom stereocenters. The molecule has 6 nitrogen and oxygen atoms in total. The van der Waals surface area contributed by atoms with Gasteiger partial charge >= 0.3 is 0 Å². The molecule has 20 heavy (non-hydrogen) atoms. The number of benzene rings is 1. The Balaban J connectivity index is 1.91. The van der Waals surface area contributed by atoms with Gasteiger partial charge in [0.15, 0.2) is 5.75 Å². The predicted octanol–water partition coefficient (Wildman–Crippen LogP) is 2.82. The summed E-state index contributed by atoms with van der Waals surface area (Å²) in [5, 5.41) is 15.0. The van der Waals surface area contributed by atoms with Crippen LogP contribution in [-0.4, -0.2) is 21.3 Å². The maximum absolute atomic E-state index is 10.9. The highest BCUT2D eigenvalue weighted by Crippen LogP contribution is 2.18. The van der Waals surface area contributed by atoms with E-state index in [1.807, 2.05) is 10.9 Å². The molecule has 0 spiro atoms. The zero-order chi connectivity index (χ0) is 14.4. The number of hydrogen-bond acceptors (Lipinski definition) is 4. The molecule has 0 radical (unpaired) electrons. The van der Waals surface area contributed by atoms with Crippen LogP contribution in [0.15, 0.2) is 36.7 Å². The van der Waals surface area contributed by atoms with Gasteiger partial charge in [0.2, 0.25) is 0 Å². The minimum absolute atomic E-state index is 0.137. The van der Waals surface area contributed by atoms with Gasteiger partial charge in [-0.05, 0) is 6.42 Å². The van der Waals surface area contributed by atoms with Crippen LogP contribution in [0.5, 0.6) is 5.75 Å². The average molecular weight is 275 g/mol. The van der Waals surface area contributed by atoms with E-state index >= 15 is 0 Å². The number of hydrogen-bond donors (Lipinski definition) is 0. The van der Waals surface area contributed by atoms with E-state index in [0.29, 0.717) is 24.3 Å². The number of rotatable bonds is 7. The van der Waals surface area contributed by atoms with Gasteiger partial charge in [-0.3, -0.25) is 14.8 Å². The molecular weight excluding hydrogens is 258 g/mol. The number of para-hydroxylation sites is 1. The minimum Gasteiger partial charge on any atom is -0.490 e.